The molecule has 0 radical (unpaired) electrons. The van der Waals surface area contributed by atoms with E-state index in [1.54, 1.807) is 24.8 Å². The topological polar surface area (TPSA) is 41.6 Å². The van der Waals surface area contributed by atoms with Crippen LogP contribution < -0.4 is 0 Å². The van der Waals surface area contributed by atoms with E-state index in [-0.39, 0.29) is 5.82 Å². The molecule has 3 aliphatic rings. The predicted octanol–water partition coefficient (Wildman–Crippen LogP) is 7.75. The number of hydrogen-bond donors (Lipinski definition) is 1. The van der Waals surface area contributed by atoms with Gasteiger partial charge in [0, 0.05) is 5.56 Å². The van der Waals surface area contributed by atoms with E-state index in [1.807, 2.05) is 0 Å². The average Bonchev–Trinajstić information content (AvgIpc) is 3.21. The van der Waals surface area contributed by atoms with Crippen LogP contribution in [0.2, 0.25) is 0 Å². The molecular weight excluding hydrogens is 421 g/mol. The maximum Gasteiger partial charge on any atom is 0.144 e. The molecule has 2 aromatic rings. The lowest BCUT2D eigenvalue weighted by molar-refractivity contribution is 0.504. The van der Waals surface area contributed by atoms with Crippen LogP contribution in [-0.4, -0.2) is 15.2 Å². The highest BCUT2D eigenvalue weighted by atomic mass is 19.1. The smallest absolute Gasteiger partial charge is 0.144 e. The molecule has 1 atom stereocenters. The van der Waals surface area contributed by atoms with Crippen molar-refractivity contribution in [3.8, 4) is 11.4 Å². The molecule has 4 heteroatoms. The van der Waals surface area contributed by atoms with E-state index >= 15 is 0 Å². The Labute approximate surface area is 200 Å². The van der Waals surface area contributed by atoms with Crippen LogP contribution in [0.25, 0.3) is 17.0 Å². The van der Waals surface area contributed by atoms with Crippen LogP contribution in [0.1, 0.15) is 50.3 Å². The van der Waals surface area contributed by atoms with Gasteiger partial charge in [0.25, 0.3) is 0 Å². The molecule has 3 nitrogen and oxygen atoms in total. The fraction of sp³-hybridized carbons (Fsp3) is 0.267. The summed E-state index contributed by atoms with van der Waals surface area (Å²) >= 11 is 0. The third kappa shape index (κ3) is 4.86. The molecule has 172 valence electrons. The van der Waals surface area contributed by atoms with Crippen molar-refractivity contribution >= 4 is 5.57 Å². The zero-order chi connectivity index (χ0) is 23.5. The van der Waals surface area contributed by atoms with Gasteiger partial charge in [-0.25, -0.2) is 9.37 Å². The Bertz CT molecular complexity index is 1310. The van der Waals surface area contributed by atoms with E-state index in [2.05, 4.69) is 76.8 Å². The van der Waals surface area contributed by atoms with Gasteiger partial charge in [0.1, 0.15) is 5.82 Å². The van der Waals surface area contributed by atoms with E-state index in [4.69, 9.17) is 0 Å². The zero-order valence-corrected chi connectivity index (χ0v) is 19.8. The molecular formula is C30H30FN3. The van der Waals surface area contributed by atoms with Crippen molar-refractivity contribution in [3.05, 3.63) is 112 Å². The molecule has 0 saturated heterocycles. The van der Waals surface area contributed by atoms with Gasteiger partial charge >= 0.3 is 0 Å². The van der Waals surface area contributed by atoms with Gasteiger partial charge in [-0.05, 0) is 79.4 Å². The standard InChI is InChI=1S/C30H30FN3/c1-20-6-3-7-22(16-20)17-23-8-4-9-24-12-13-25(10-5-11-26(24)18-23)27-19-32-34-30(27)29-15-14-28(31)21(2)33-29/h5,7-15,18-20H,3-4,6,16-17H2,1-2H3,(H,32,34)/b11-5+,13-12?,25-10?/t20-/m0/s1. The lowest BCUT2D eigenvalue weighted by atomic mass is 9.86. The van der Waals surface area contributed by atoms with Gasteiger partial charge in [-0.3, -0.25) is 5.10 Å². The molecule has 0 saturated carbocycles. The van der Waals surface area contributed by atoms with Crippen LogP contribution in [0, 0.1) is 18.7 Å². The largest absolute Gasteiger partial charge is 0.276 e. The van der Waals surface area contributed by atoms with Crippen molar-refractivity contribution in [1.82, 2.24) is 15.2 Å². The molecule has 0 bridgehead atoms. The number of H-pyrrole nitrogens is 1. The van der Waals surface area contributed by atoms with Gasteiger partial charge in [0.15, 0.2) is 0 Å². The van der Waals surface area contributed by atoms with Gasteiger partial charge in [0.05, 0.1) is 23.3 Å². The summed E-state index contributed by atoms with van der Waals surface area (Å²) in [5.41, 5.74) is 9.26. The first kappa shape index (κ1) is 22.3. The second-order valence-corrected chi connectivity index (χ2v) is 9.44. The minimum Gasteiger partial charge on any atom is -0.276 e. The van der Waals surface area contributed by atoms with E-state index in [1.165, 1.54) is 42.0 Å². The quantitative estimate of drug-likeness (QED) is 0.483. The van der Waals surface area contributed by atoms with E-state index < -0.39 is 0 Å². The first-order chi connectivity index (χ1) is 16.6. The van der Waals surface area contributed by atoms with Gasteiger partial charge in [-0.1, -0.05) is 67.2 Å². The number of fused-ring (bicyclic) bond motifs is 1. The van der Waals surface area contributed by atoms with Gasteiger partial charge in [-0.2, -0.15) is 5.10 Å². The average molecular weight is 452 g/mol. The van der Waals surface area contributed by atoms with E-state index in [0.29, 0.717) is 11.4 Å². The first-order valence-corrected chi connectivity index (χ1v) is 12.1. The monoisotopic (exact) mass is 451 g/mol. The van der Waals surface area contributed by atoms with Crippen molar-refractivity contribution in [2.45, 2.75) is 46.0 Å². The molecule has 0 amide bonds. The highest BCUT2D eigenvalue weighted by Gasteiger charge is 2.16. The summed E-state index contributed by atoms with van der Waals surface area (Å²) in [6, 6.07) is 3.14. The number of aryl methyl sites for hydroxylation is 1. The van der Waals surface area contributed by atoms with Crippen molar-refractivity contribution in [1.29, 1.82) is 0 Å². The molecule has 0 aromatic carbocycles. The highest BCUT2D eigenvalue weighted by molar-refractivity contribution is 5.84. The van der Waals surface area contributed by atoms with Gasteiger partial charge in [-0.15, -0.1) is 0 Å². The maximum absolute atomic E-state index is 13.7. The number of nitrogens with zero attached hydrogens (tertiary/aromatic N) is 2. The SMILES string of the molecule is Cc1nc(-c2[nH]ncc2C2=C/C=C/C3=CC(CC4=CCC[C@H](C)C4)=CCC=C3C=C2)ccc1F. The molecule has 2 heterocycles. The van der Waals surface area contributed by atoms with Gasteiger partial charge in [0.2, 0.25) is 0 Å². The third-order valence-electron chi connectivity index (χ3n) is 6.75. The number of nitrogens with one attached hydrogen (secondary N) is 1. The summed E-state index contributed by atoms with van der Waals surface area (Å²) in [5, 5.41) is 7.29. The first-order valence-electron chi connectivity index (χ1n) is 12.1. The molecule has 2 aromatic heterocycles. The molecule has 34 heavy (non-hydrogen) atoms. The third-order valence-corrected chi connectivity index (χ3v) is 6.75. The summed E-state index contributed by atoms with van der Waals surface area (Å²) < 4.78 is 13.7. The Hall–Kier alpha value is -3.53. The van der Waals surface area contributed by atoms with Gasteiger partial charge < -0.3 is 0 Å². The summed E-state index contributed by atoms with van der Waals surface area (Å²) in [6.45, 7) is 4.03. The summed E-state index contributed by atoms with van der Waals surface area (Å²) in [5.74, 6) is 0.488. The van der Waals surface area contributed by atoms with E-state index in [0.717, 1.165) is 35.6 Å². The van der Waals surface area contributed by atoms with Crippen molar-refractivity contribution in [2.24, 2.45) is 5.92 Å². The minimum absolute atomic E-state index is 0.306. The highest BCUT2D eigenvalue weighted by Crippen LogP contribution is 2.33. The second-order valence-electron chi connectivity index (χ2n) is 9.44. The number of halogens is 1. The summed E-state index contributed by atoms with van der Waals surface area (Å²) in [6.07, 6.45) is 27.7. The summed E-state index contributed by atoms with van der Waals surface area (Å²) in [7, 11) is 0. The molecule has 0 fully saturated rings. The zero-order valence-electron chi connectivity index (χ0n) is 19.8. The fourth-order valence-corrected chi connectivity index (χ4v) is 4.89. The number of aromatic amines is 1. The molecule has 3 aliphatic carbocycles. The Balaban J connectivity index is 1.41. The summed E-state index contributed by atoms with van der Waals surface area (Å²) in [4.78, 5) is 4.40. The molecule has 0 aliphatic heterocycles. The molecule has 5 rings (SSSR count). The molecule has 0 unspecified atom stereocenters. The van der Waals surface area contributed by atoms with Crippen molar-refractivity contribution < 1.29 is 4.39 Å². The Morgan fingerprint density at radius 2 is 1.94 bits per heavy atom. The molecule has 0 spiro atoms. The second kappa shape index (κ2) is 9.76. The minimum atomic E-state index is -0.306. The number of rotatable bonds is 4. The number of pyridine rings is 1. The van der Waals surface area contributed by atoms with E-state index in [9.17, 15) is 4.39 Å². The normalized spacial score (nSPS) is 21.1. The lowest BCUT2D eigenvalue weighted by Crippen LogP contribution is -2.03. The van der Waals surface area contributed by atoms with Crippen molar-refractivity contribution in [3.63, 3.8) is 0 Å². The van der Waals surface area contributed by atoms with Crippen LogP contribution in [0.4, 0.5) is 4.39 Å². The Morgan fingerprint density at radius 1 is 1.06 bits per heavy atom. The number of aromatic nitrogens is 3. The number of allylic oxidation sites excluding steroid dienone is 14. The Morgan fingerprint density at radius 3 is 2.79 bits per heavy atom. The Kier molecular flexibility index (Phi) is 6.39. The molecule has 1 N–H and O–H groups in total. The van der Waals surface area contributed by atoms with Crippen LogP contribution in [0.5, 0.6) is 0 Å². The predicted molar refractivity (Wildman–Crippen MR) is 137 cm³/mol. The lowest BCUT2D eigenvalue weighted by Gasteiger charge is -2.19. The van der Waals surface area contributed by atoms with Crippen LogP contribution in [-0.2, 0) is 0 Å². The van der Waals surface area contributed by atoms with Crippen LogP contribution >= 0.6 is 0 Å². The van der Waals surface area contributed by atoms with Crippen molar-refractivity contribution in [2.75, 3.05) is 0 Å². The van der Waals surface area contributed by atoms with Crippen LogP contribution in [0.15, 0.2) is 95.3 Å². The van der Waals surface area contributed by atoms with Crippen LogP contribution in [0.3, 0.4) is 0 Å². The number of hydrogen-bond acceptors (Lipinski definition) is 2. The fourth-order valence-electron chi connectivity index (χ4n) is 4.89. The maximum atomic E-state index is 13.7.